The zero-order valence-corrected chi connectivity index (χ0v) is 10.3. The molecule has 0 radical (unpaired) electrons. The van der Waals surface area contributed by atoms with E-state index in [-0.39, 0.29) is 5.78 Å². The molecular weight excluding hydrogens is 224 g/mol. The number of carbonyl (C=O) groups excluding carboxylic acids is 1. The molecule has 1 fully saturated rings. The summed E-state index contributed by atoms with van der Waals surface area (Å²) >= 11 is 6.11. The summed E-state index contributed by atoms with van der Waals surface area (Å²) in [5.41, 5.74) is 1.57. The van der Waals surface area contributed by atoms with E-state index in [9.17, 15) is 4.79 Å². The Morgan fingerprint density at radius 3 is 2.75 bits per heavy atom. The average Bonchev–Trinajstić information content (AvgIpc) is 2.98. The second kappa shape index (κ2) is 4.46. The van der Waals surface area contributed by atoms with Crippen LogP contribution in [0.15, 0.2) is 12.1 Å². The van der Waals surface area contributed by atoms with Crippen LogP contribution >= 0.6 is 11.6 Å². The quantitative estimate of drug-likeness (QED) is 0.749. The molecule has 2 nitrogen and oxygen atoms in total. The maximum Gasteiger partial charge on any atom is 0.163 e. The van der Waals surface area contributed by atoms with Crippen LogP contribution in [0.4, 0.5) is 0 Å². The molecule has 0 bridgehead atoms. The molecule has 1 aromatic carbocycles. The van der Waals surface area contributed by atoms with E-state index in [4.69, 9.17) is 16.3 Å². The number of hydrogen-bond acceptors (Lipinski definition) is 2. The van der Waals surface area contributed by atoms with Crippen LogP contribution in [0, 0.1) is 12.8 Å². The molecule has 1 saturated carbocycles. The molecule has 0 amide bonds. The van der Waals surface area contributed by atoms with Crippen LogP contribution in [0.1, 0.15) is 35.7 Å². The topological polar surface area (TPSA) is 26.3 Å². The van der Waals surface area contributed by atoms with Crippen molar-refractivity contribution in [3.8, 4) is 5.75 Å². The standard InChI is InChI=1S/C13H15ClO2/c1-8-5-11(9(2)15)13(12(14)6-8)16-7-10-3-4-10/h5-6,10H,3-4,7H2,1-2H3. The number of benzene rings is 1. The van der Waals surface area contributed by atoms with Crippen molar-refractivity contribution in [3.05, 3.63) is 28.3 Å². The number of ketones is 1. The van der Waals surface area contributed by atoms with Crippen molar-refractivity contribution in [2.24, 2.45) is 5.92 Å². The van der Waals surface area contributed by atoms with Gasteiger partial charge in [-0.1, -0.05) is 11.6 Å². The van der Waals surface area contributed by atoms with Gasteiger partial charge in [0.15, 0.2) is 5.78 Å². The fourth-order valence-electron chi connectivity index (χ4n) is 1.62. The zero-order valence-electron chi connectivity index (χ0n) is 9.55. The van der Waals surface area contributed by atoms with Crippen molar-refractivity contribution >= 4 is 17.4 Å². The largest absolute Gasteiger partial charge is 0.491 e. The maximum atomic E-state index is 11.5. The summed E-state index contributed by atoms with van der Waals surface area (Å²) in [7, 11) is 0. The fraction of sp³-hybridized carbons (Fsp3) is 0.462. The number of halogens is 1. The molecule has 86 valence electrons. The number of hydrogen-bond donors (Lipinski definition) is 0. The second-order valence-corrected chi connectivity index (χ2v) is 4.84. The Balaban J connectivity index is 2.27. The van der Waals surface area contributed by atoms with E-state index in [0.29, 0.717) is 28.9 Å². The Bertz CT molecular complexity index is 422. The van der Waals surface area contributed by atoms with Crippen LogP contribution in [0.5, 0.6) is 5.75 Å². The number of ether oxygens (including phenoxy) is 1. The van der Waals surface area contributed by atoms with Crippen molar-refractivity contribution in [2.45, 2.75) is 26.7 Å². The van der Waals surface area contributed by atoms with Gasteiger partial charge in [-0.3, -0.25) is 4.79 Å². The molecule has 1 aromatic rings. The van der Waals surface area contributed by atoms with Gasteiger partial charge in [-0.15, -0.1) is 0 Å². The van der Waals surface area contributed by atoms with Crippen molar-refractivity contribution < 1.29 is 9.53 Å². The number of Topliss-reactive ketones (excluding diaryl/α,β-unsaturated/α-hetero) is 1. The van der Waals surface area contributed by atoms with Gasteiger partial charge in [0.05, 0.1) is 17.2 Å². The molecule has 0 unspecified atom stereocenters. The lowest BCUT2D eigenvalue weighted by Gasteiger charge is -2.12. The Labute approximate surface area is 101 Å². The van der Waals surface area contributed by atoms with Gasteiger partial charge in [0.25, 0.3) is 0 Å². The van der Waals surface area contributed by atoms with Crippen LogP contribution in [0.25, 0.3) is 0 Å². The van der Waals surface area contributed by atoms with Gasteiger partial charge in [0, 0.05) is 0 Å². The van der Waals surface area contributed by atoms with E-state index in [1.165, 1.54) is 19.8 Å². The molecule has 2 rings (SSSR count). The summed E-state index contributed by atoms with van der Waals surface area (Å²) in [5, 5.41) is 0.533. The van der Waals surface area contributed by atoms with Gasteiger partial charge in [0.1, 0.15) is 5.75 Å². The Morgan fingerprint density at radius 1 is 1.50 bits per heavy atom. The third-order valence-electron chi connectivity index (χ3n) is 2.73. The highest BCUT2D eigenvalue weighted by Gasteiger charge is 2.23. The van der Waals surface area contributed by atoms with E-state index >= 15 is 0 Å². The molecule has 1 aliphatic carbocycles. The molecule has 1 aliphatic rings. The lowest BCUT2D eigenvalue weighted by atomic mass is 10.1. The van der Waals surface area contributed by atoms with Crippen LogP contribution in [-0.4, -0.2) is 12.4 Å². The molecule has 0 aromatic heterocycles. The predicted octanol–water partition coefficient (Wildman–Crippen LogP) is 3.64. The van der Waals surface area contributed by atoms with E-state index in [2.05, 4.69) is 0 Å². The highest BCUT2D eigenvalue weighted by molar-refractivity contribution is 6.32. The molecule has 0 spiro atoms. The molecule has 3 heteroatoms. The summed E-state index contributed by atoms with van der Waals surface area (Å²) in [6, 6.07) is 3.66. The van der Waals surface area contributed by atoms with Gasteiger partial charge < -0.3 is 4.74 Å². The lowest BCUT2D eigenvalue weighted by molar-refractivity contribution is 0.101. The Morgan fingerprint density at radius 2 is 2.19 bits per heavy atom. The molecule has 0 N–H and O–H groups in total. The van der Waals surface area contributed by atoms with Gasteiger partial charge in [-0.05, 0) is 50.3 Å². The van der Waals surface area contributed by atoms with Crippen molar-refractivity contribution in [2.75, 3.05) is 6.61 Å². The van der Waals surface area contributed by atoms with Crippen molar-refractivity contribution in [1.29, 1.82) is 0 Å². The van der Waals surface area contributed by atoms with Crippen molar-refractivity contribution in [3.63, 3.8) is 0 Å². The number of aryl methyl sites for hydroxylation is 1. The van der Waals surface area contributed by atoms with Gasteiger partial charge >= 0.3 is 0 Å². The summed E-state index contributed by atoms with van der Waals surface area (Å²) in [6.45, 7) is 4.13. The molecule has 0 aliphatic heterocycles. The monoisotopic (exact) mass is 238 g/mol. The molecule has 0 saturated heterocycles. The highest BCUT2D eigenvalue weighted by atomic mass is 35.5. The third-order valence-corrected chi connectivity index (χ3v) is 3.01. The number of carbonyl (C=O) groups is 1. The minimum absolute atomic E-state index is 0.00334. The normalized spacial score (nSPS) is 14.9. The molecule has 0 heterocycles. The third kappa shape index (κ3) is 2.56. The highest BCUT2D eigenvalue weighted by Crippen LogP contribution is 2.34. The first kappa shape index (κ1) is 11.5. The smallest absolute Gasteiger partial charge is 0.163 e. The van der Waals surface area contributed by atoms with Crippen LogP contribution < -0.4 is 4.74 Å². The van der Waals surface area contributed by atoms with Gasteiger partial charge in [-0.25, -0.2) is 0 Å². The SMILES string of the molecule is CC(=O)c1cc(C)cc(Cl)c1OCC1CC1. The summed E-state index contributed by atoms with van der Waals surface area (Å²) < 4.78 is 5.66. The molecule has 0 atom stereocenters. The first-order valence-electron chi connectivity index (χ1n) is 5.52. The lowest BCUT2D eigenvalue weighted by Crippen LogP contribution is -2.05. The summed E-state index contributed by atoms with van der Waals surface area (Å²) in [6.07, 6.45) is 2.44. The van der Waals surface area contributed by atoms with Gasteiger partial charge in [-0.2, -0.15) is 0 Å². The average molecular weight is 239 g/mol. The first-order chi connectivity index (χ1) is 7.58. The molecule has 16 heavy (non-hydrogen) atoms. The Kier molecular flexibility index (Phi) is 3.20. The van der Waals surface area contributed by atoms with E-state index in [0.717, 1.165) is 5.56 Å². The van der Waals surface area contributed by atoms with Crippen LogP contribution in [0.3, 0.4) is 0 Å². The minimum atomic E-state index is -0.00334. The summed E-state index contributed by atoms with van der Waals surface area (Å²) in [5.74, 6) is 1.19. The van der Waals surface area contributed by atoms with Crippen molar-refractivity contribution in [1.82, 2.24) is 0 Å². The van der Waals surface area contributed by atoms with Crippen LogP contribution in [0.2, 0.25) is 5.02 Å². The van der Waals surface area contributed by atoms with E-state index in [1.54, 1.807) is 0 Å². The zero-order chi connectivity index (χ0) is 11.7. The second-order valence-electron chi connectivity index (χ2n) is 4.43. The molecular formula is C13H15ClO2. The van der Waals surface area contributed by atoms with Crippen LogP contribution in [-0.2, 0) is 0 Å². The van der Waals surface area contributed by atoms with E-state index in [1.807, 2.05) is 19.1 Å². The number of rotatable bonds is 4. The fourth-order valence-corrected chi connectivity index (χ4v) is 1.95. The Hall–Kier alpha value is -1.02. The maximum absolute atomic E-state index is 11.5. The first-order valence-corrected chi connectivity index (χ1v) is 5.89. The van der Waals surface area contributed by atoms with E-state index < -0.39 is 0 Å². The minimum Gasteiger partial charge on any atom is -0.491 e. The van der Waals surface area contributed by atoms with Gasteiger partial charge in [0.2, 0.25) is 0 Å². The predicted molar refractivity (Wildman–Crippen MR) is 64.4 cm³/mol. The summed E-state index contributed by atoms with van der Waals surface area (Å²) in [4.78, 5) is 11.5.